The van der Waals surface area contributed by atoms with E-state index in [-0.39, 0.29) is 12.1 Å². The van der Waals surface area contributed by atoms with Crippen LogP contribution in [0.3, 0.4) is 0 Å². The lowest BCUT2D eigenvalue weighted by Gasteiger charge is -2.20. The van der Waals surface area contributed by atoms with Crippen LogP contribution in [-0.2, 0) is 14.3 Å². The van der Waals surface area contributed by atoms with Gasteiger partial charge in [0.05, 0.1) is 19.8 Å². The average molecular weight is 318 g/mol. The SMILES string of the molecule is CCC(Oc1cccc(C(=O)OC)c1)C1=C(C(=O)OC)CCC1. The Bertz CT molecular complexity index is 618. The topological polar surface area (TPSA) is 61.8 Å². The molecule has 1 aromatic rings. The molecule has 0 N–H and O–H groups in total. The lowest BCUT2D eigenvalue weighted by molar-refractivity contribution is -0.136. The van der Waals surface area contributed by atoms with Gasteiger partial charge in [0.2, 0.25) is 0 Å². The summed E-state index contributed by atoms with van der Waals surface area (Å²) < 4.78 is 15.6. The molecule has 0 spiro atoms. The van der Waals surface area contributed by atoms with Crippen molar-refractivity contribution < 1.29 is 23.8 Å². The van der Waals surface area contributed by atoms with Crippen LogP contribution in [0.15, 0.2) is 35.4 Å². The molecule has 0 aliphatic heterocycles. The van der Waals surface area contributed by atoms with Crippen molar-refractivity contribution in [3.63, 3.8) is 0 Å². The van der Waals surface area contributed by atoms with Gasteiger partial charge in [0, 0.05) is 5.57 Å². The van der Waals surface area contributed by atoms with Crippen LogP contribution in [-0.4, -0.2) is 32.3 Å². The molecule has 23 heavy (non-hydrogen) atoms. The normalized spacial score (nSPS) is 15.3. The van der Waals surface area contributed by atoms with Crippen LogP contribution in [0, 0.1) is 0 Å². The number of ether oxygens (including phenoxy) is 3. The zero-order chi connectivity index (χ0) is 16.8. The zero-order valence-corrected chi connectivity index (χ0v) is 13.8. The van der Waals surface area contributed by atoms with Crippen molar-refractivity contribution in [3.8, 4) is 5.75 Å². The molecule has 0 bridgehead atoms. The van der Waals surface area contributed by atoms with Crippen LogP contribution >= 0.6 is 0 Å². The van der Waals surface area contributed by atoms with E-state index < -0.39 is 5.97 Å². The summed E-state index contributed by atoms with van der Waals surface area (Å²) in [7, 11) is 2.74. The first-order valence-corrected chi connectivity index (χ1v) is 7.76. The Morgan fingerprint density at radius 1 is 1.13 bits per heavy atom. The molecule has 124 valence electrons. The number of carbonyl (C=O) groups excluding carboxylic acids is 2. The van der Waals surface area contributed by atoms with Crippen molar-refractivity contribution in [3.05, 3.63) is 41.0 Å². The van der Waals surface area contributed by atoms with E-state index in [0.717, 1.165) is 36.8 Å². The Labute approximate surface area is 136 Å². The predicted molar refractivity (Wildman–Crippen MR) is 85.4 cm³/mol. The van der Waals surface area contributed by atoms with E-state index in [1.54, 1.807) is 24.3 Å². The molecule has 0 amide bonds. The molecule has 0 heterocycles. The summed E-state index contributed by atoms with van der Waals surface area (Å²) in [4.78, 5) is 23.5. The van der Waals surface area contributed by atoms with Gasteiger partial charge in [0.1, 0.15) is 11.9 Å². The van der Waals surface area contributed by atoms with Crippen molar-refractivity contribution in [2.75, 3.05) is 14.2 Å². The molecule has 0 fully saturated rings. The monoisotopic (exact) mass is 318 g/mol. The maximum atomic E-state index is 11.9. The van der Waals surface area contributed by atoms with Gasteiger partial charge in [0.25, 0.3) is 0 Å². The number of hydrogen-bond acceptors (Lipinski definition) is 5. The molecule has 0 saturated carbocycles. The summed E-state index contributed by atoms with van der Waals surface area (Å²) in [6.07, 6.45) is 3.03. The maximum Gasteiger partial charge on any atom is 0.337 e. The van der Waals surface area contributed by atoms with E-state index in [0.29, 0.717) is 11.3 Å². The van der Waals surface area contributed by atoms with Crippen LogP contribution in [0.2, 0.25) is 0 Å². The van der Waals surface area contributed by atoms with Crippen molar-refractivity contribution in [2.24, 2.45) is 0 Å². The Balaban J connectivity index is 2.23. The first-order chi connectivity index (χ1) is 11.1. The second kappa shape index (κ2) is 7.81. The molecule has 5 heteroatoms. The van der Waals surface area contributed by atoms with E-state index >= 15 is 0 Å². The van der Waals surface area contributed by atoms with Crippen molar-refractivity contribution in [2.45, 2.75) is 38.7 Å². The summed E-state index contributed by atoms with van der Waals surface area (Å²) in [6, 6.07) is 6.87. The number of methoxy groups -OCH3 is 2. The number of rotatable bonds is 6. The molecule has 0 radical (unpaired) electrons. The van der Waals surface area contributed by atoms with Gasteiger partial charge in [-0.05, 0) is 49.5 Å². The van der Waals surface area contributed by atoms with E-state index in [4.69, 9.17) is 14.2 Å². The molecular weight excluding hydrogens is 296 g/mol. The fourth-order valence-electron chi connectivity index (χ4n) is 2.86. The number of benzene rings is 1. The van der Waals surface area contributed by atoms with E-state index in [1.165, 1.54) is 14.2 Å². The van der Waals surface area contributed by atoms with Gasteiger partial charge in [-0.2, -0.15) is 0 Å². The highest BCUT2D eigenvalue weighted by atomic mass is 16.5. The summed E-state index contributed by atoms with van der Waals surface area (Å²) >= 11 is 0. The van der Waals surface area contributed by atoms with E-state index in [1.807, 2.05) is 6.92 Å². The fourth-order valence-corrected chi connectivity index (χ4v) is 2.86. The minimum Gasteiger partial charge on any atom is -0.486 e. The molecule has 2 rings (SSSR count). The summed E-state index contributed by atoms with van der Waals surface area (Å²) in [5.41, 5.74) is 2.17. The summed E-state index contributed by atoms with van der Waals surface area (Å²) in [5, 5.41) is 0. The molecular formula is C18H22O5. The van der Waals surface area contributed by atoms with Gasteiger partial charge in [-0.25, -0.2) is 9.59 Å². The zero-order valence-electron chi connectivity index (χ0n) is 13.8. The second-order valence-corrected chi connectivity index (χ2v) is 5.38. The van der Waals surface area contributed by atoms with Crippen molar-refractivity contribution >= 4 is 11.9 Å². The van der Waals surface area contributed by atoms with E-state index in [9.17, 15) is 9.59 Å². The van der Waals surface area contributed by atoms with Gasteiger partial charge in [-0.3, -0.25) is 0 Å². The lowest BCUT2D eigenvalue weighted by atomic mass is 10.0. The third-order valence-corrected chi connectivity index (χ3v) is 3.99. The number of esters is 2. The Morgan fingerprint density at radius 3 is 2.52 bits per heavy atom. The Kier molecular flexibility index (Phi) is 5.79. The average Bonchev–Trinajstić information content (AvgIpc) is 3.08. The van der Waals surface area contributed by atoms with Gasteiger partial charge >= 0.3 is 11.9 Å². The number of hydrogen-bond donors (Lipinski definition) is 0. The molecule has 5 nitrogen and oxygen atoms in total. The molecule has 1 aliphatic carbocycles. The number of carbonyl (C=O) groups is 2. The van der Waals surface area contributed by atoms with Gasteiger partial charge in [0.15, 0.2) is 0 Å². The molecule has 1 unspecified atom stereocenters. The van der Waals surface area contributed by atoms with Crippen LogP contribution in [0.1, 0.15) is 43.0 Å². The highest BCUT2D eigenvalue weighted by molar-refractivity contribution is 5.90. The Hall–Kier alpha value is -2.30. The molecule has 0 aromatic heterocycles. The standard InChI is InChI=1S/C18H22O5/c1-4-16(14-9-6-10-15(14)18(20)22-3)23-13-8-5-7-12(11-13)17(19)21-2/h5,7-8,11,16H,4,6,9-10H2,1-3H3. The minimum atomic E-state index is -0.404. The first-order valence-electron chi connectivity index (χ1n) is 7.76. The quantitative estimate of drug-likeness (QED) is 0.753. The van der Waals surface area contributed by atoms with Crippen molar-refractivity contribution in [1.82, 2.24) is 0 Å². The minimum absolute atomic E-state index is 0.195. The largest absolute Gasteiger partial charge is 0.486 e. The van der Waals surface area contributed by atoms with Crippen LogP contribution in [0.4, 0.5) is 0 Å². The third-order valence-electron chi connectivity index (χ3n) is 3.99. The molecule has 1 aromatic carbocycles. The van der Waals surface area contributed by atoms with Gasteiger partial charge < -0.3 is 14.2 Å². The van der Waals surface area contributed by atoms with Gasteiger partial charge in [-0.15, -0.1) is 0 Å². The lowest BCUT2D eigenvalue weighted by Crippen LogP contribution is -2.20. The summed E-state index contributed by atoms with van der Waals surface area (Å²) in [5.74, 6) is -0.0925. The smallest absolute Gasteiger partial charge is 0.337 e. The molecule has 1 aliphatic rings. The first kappa shape index (κ1) is 17.1. The maximum absolute atomic E-state index is 11.9. The van der Waals surface area contributed by atoms with Gasteiger partial charge in [-0.1, -0.05) is 13.0 Å². The van der Waals surface area contributed by atoms with Crippen LogP contribution in [0.25, 0.3) is 0 Å². The molecule has 0 saturated heterocycles. The van der Waals surface area contributed by atoms with Crippen LogP contribution in [0.5, 0.6) is 5.75 Å². The second-order valence-electron chi connectivity index (χ2n) is 5.38. The van der Waals surface area contributed by atoms with Crippen LogP contribution < -0.4 is 4.74 Å². The summed E-state index contributed by atoms with van der Waals surface area (Å²) in [6.45, 7) is 2.01. The van der Waals surface area contributed by atoms with E-state index in [2.05, 4.69) is 0 Å². The highest BCUT2D eigenvalue weighted by Gasteiger charge is 2.27. The molecule has 1 atom stereocenters. The van der Waals surface area contributed by atoms with Crippen molar-refractivity contribution in [1.29, 1.82) is 0 Å². The Morgan fingerprint density at radius 2 is 1.87 bits per heavy atom. The third kappa shape index (κ3) is 3.92. The predicted octanol–water partition coefficient (Wildman–Crippen LogP) is 3.28. The fraction of sp³-hybridized carbons (Fsp3) is 0.444. The highest BCUT2D eigenvalue weighted by Crippen LogP contribution is 2.32.